The van der Waals surface area contributed by atoms with Gasteiger partial charge in [0, 0.05) is 19.8 Å². The zero-order chi connectivity index (χ0) is 14.0. The van der Waals surface area contributed by atoms with E-state index in [1.54, 1.807) is 0 Å². The zero-order valence-electron chi connectivity index (χ0n) is 12.4. The van der Waals surface area contributed by atoms with E-state index < -0.39 is 15.0 Å². The summed E-state index contributed by atoms with van der Waals surface area (Å²) in [7, 11) is -2.78. The normalized spacial score (nSPS) is 15.7. The molecule has 0 bridgehead atoms. The topological polar surface area (TPSA) is 60.0 Å². The van der Waals surface area contributed by atoms with Crippen molar-refractivity contribution in [2.45, 2.75) is 59.4 Å². The fourth-order valence-electron chi connectivity index (χ4n) is 1.85. The Labute approximate surface area is 112 Å². The minimum Gasteiger partial charge on any atom is -0.379 e. The second kappa shape index (κ2) is 9.88. The summed E-state index contributed by atoms with van der Waals surface area (Å²) < 4.78 is 17.5. The SMILES string of the molecule is CCO[Si](OCC)(OCC)C(CC)NC(O)CC. The molecule has 0 aliphatic rings. The van der Waals surface area contributed by atoms with Crippen LogP contribution in [-0.2, 0) is 13.3 Å². The molecule has 0 amide bonds. The highest BCUT2D eigenvalue weighted by Crippen LogP contribution is 2.18. The van der Waals surface area contributed by atoms with Gasteiger partial charge in [0.2, 0.25) is 0 Å². The molecule has 0 spiro atoms. The van der Waals surface area contributed by atoms with Gasteiger partial charge in [0.1, 0.15) is 6.23 Å². The lowest BCUT2D eigenvalue weighted by molar-refractivity contribution is 0.0420. The minimum absolute atomic E-state index is 0.0766. The van der Waals surface area contributed by atoms with E-state index >= 15 is 0 Å². The van der Waals surface area contributed by atoms with Crippen molar-refractivity contribution in [2.75, 3.05) is 19.8 Å². The number of hydrogen-bond acceptors (Lipinski definition) is 5. The molecular formula is C12H29NO4Si. The first-order valence-corrected chi connectivity index (χ1v) is 8.76. The van der Waals surface area contributed by atoms with Gasteiger partial charge in [-0.3, -0.25) is 5.32 Å². The minimum atomic E-state index is -2.78. The van der Waals surface area contributed by atoms with Crippen LogP contribution in [0, 0.1) is 0 Å². The van der Waals surface area contributed by atoms with Gasteiger partial charge in [-0.2, -0.15) is 0 Å². The quantitative estimate of drug-likeness (QED) is 0.445. The number of nitrogens with one attached hydrogen (secondary N) is 1. The zero-order valence-corrected chi connectivity index (χ0v) is 13.4. The lowest BCUT2D eigenvalue weighted by Crippen LogP contribution is -2.63. The third-order valence-corrected chi connectivity index (χ3v) is 6.15. The summed E-state index contributed by atoms with van der Waals surface area (Å²) in [6.45, 7) is 11.4. The molecule has 0 saturated carbocycles. The van der Waals surface area contributed by atoms with Gasteiger partial charge in [-0.05, 0) is 33.6 Å². The third kappa shape index (κ3) is 5.34. The second-order valence-electron chi connectivity index (χ2n) is 3.95. The van der Waals surface area contributed by atoms with E-state index in [0.717, 1.165) is 6.42 Å². The Morgan fingerprint density at radius 2 is 1.33 bits per heavy atom. The number of rotatable bonds is 11. The van der Waals surface area contributed by atoms with Crippen molar-refractivity contribution < 1.29 is 18.4 Å². The molecule has 5 nitrogen and oxygen atoms in total. The molecule has 0 saturated heterocycles. The summed E-state index contributed by atoms with van der Waals surface area (Å²) in [5, 5.41) is 12.9. The van der Waals surface area contributed by atoms with Crippen molar-refractivity contribution >= 4 is 8.80 Å². The van der Waals surface area contributed by atoms with Crippen LogP contribution in [0.2, 0.25) is 0 Å². The predicted molar refractivity (Wildman–Crippen MR) is 74.1 cm³/mol. The van der Waals surface area contributed by atoms with Gasteiger partial charge in [0.15, 0.2) is 0 Å². The maximum Gasteiger partial charge on any atom is 0.518 e. The maximum absolute atomic E-state index is 9.77. The molecule has 0 aliphatic heterocycles. The van der Waals surface area contributed by atoms with E-state index in [9.17, 15) is 5.11 Å². The largest absolute Gasteiger partial charge is 0.518 e. The van der Waals surface area contributed by atoms with Gasteiger partial charge in [-0.1, -0.05) is 13.8 Å². The molecule has 0 heterocycles. The van der Waals surface area contributed by atoms with Crippen molar-refractivity contribution in [2.24, 2.45) is 0 Å². The van der Waals surface area contributed by atoms with Crippen LogP contribution < -0.4 is 5.32 Å². The monoisotopic (exact) mass is 279 g/mol. The van der Waals surface area contributed by atoms with E-state index in [1.165, 1.54) is 0 Å². The van der Waals surface area contributed by atoms with E-state index in [2.05, 4.69) is 5.32 Å². The summed E-state index contributed by atoms with van der Waals surface area (Å²) in [6.07, 6.45) is 0.887. The van der Waals surface area contributed by atoms with Crippen molar-refractivity contribution in [3.05, 3.63) is 0 Å². The van der Waals surface area contributed by atoms with Gasteiger partial charge in [0.05, 0.1) is 5.67 Å². The summed E-state index contributed by atoms with van der Waals surface area (Å²) in [5.41, 5.74) is -0.0766. The number of hydrogen-bond donors (Lipinski definition) is 2. The van der Waals surface area contributed by atoms with Crippen LogP contribution in [0.15, 0.2) is 0 Å². The summed E-state index contributed by atoms with van der Waals surface area (Å²) >= 11 is 0. The van der Waals surface area contributed by atoms with Gasteiger partial charge < -0.3 is 18.4 Å². The van der Waals surface area contributed by atoms with E-state index in [4.69, 9.17) is 13.3 Å². The Balaban J connectivity index is 4.93. The van der Waals surface area contributed by atoms with Gasteiger partial charge in [-0.25, -0.2) is 0 Å². The molecule has 6 heteroatoms. The number of aliphatic hydroxyl groups excluding tert-OH is 1. The summed E-state index contributed by atoms with van der Waals surface area (Å²) in [5.74, 6) is 0. The standard InChI is InChI=1S/C12H29NO4Si/c1-6-11(14)13-12(7-2)18(15-8-3,16-9-4)17-10-5/h11-14H,6-10H2,1-5H3. The molecule has 2 unspecified atom stereocenters. The van der Waals surface area contributed by atoms with E-state index in [0.29, 0.717) is 26.2 Å². The molecule has 2 N–H and O–H groups in total. The van der Waals surface area contributed by atoms with Gasteiger partial charge in [-0.15, -0.1) is 0 Å². The smallest absolute Gasteiger partial charge is 0.379 e. The second-order valence-corrected chi connectivity index (χ2v) is 6.72. The maximum atomic E-state index is 9.77. The Morgan fingerprint density at radius 3 is 1.61 bits per heavy atom. The van der Waals surface area contributed by atoms with Crippen molar-refractivity contribution in [3.8, 4) is 0 Å². The lowest BCUT2D eigenvalue weighted by Gasteiger charge is -2.36. The average Bonchev–Trinajstić information content (AvgIpc) is 2.36. The fraction of sp³-hybridized carbons (Fsp3) is 1.00. The van der Waals surface area contributed by atoms with Crippen molar-refractivity contribution in [1.82, 2.24) is 5.32 Å². The van der Waals surface area contributed by atoms with Crippen LogP contribution in [0.5, 0.6) is 0 Å². The lowest BCUT2D eigenvalue weighted by atomic mass is 10.4. The molecule has 18 heavy (non-hydrogen) atoms. The first-order chi connectivity index (χ1) is 8.60. The molecule has 110 valence electrons. The number of aliphatic hydroxyl groups is 1. The highest BCUT2D eigenvalue weighted by atomic mass is 28.4. The molecule has 0 aromatic rings. The molecule has 0 aromatic carbocycles. The van der Waals surface area contributed by atoms with Crippen LogP contribution in [-0.4, -0.2) is 45.6 Å². The molecule has 0 fully saturated rings. The van der Waals surface area contributed by atoms with Crippen molar-refractivity contribution in [3.63, 3.8) is 0 Å². The molecule has 2 atom stereocenters. The predicted octanol–water partition coefficient (Wildman–Crippen LogP) is 1.67. The van der Waals surface area contributed by atoms with Gasteiger partial charge in [0.25, 0.3) is 0 Å². The molecular weight excluding hydrogens is 250 g/mol. The average molecular weight is 279 g/mol. The summed E-state index contributed by atoms with van der Waals surface area (Å²) in [4.78, 5) is 0. The Morgan fingerprint density at radius 1 is 0.889 bits per heavy atom. The molecule has 0 aliphatic carbocycles. The van der Waals surface area contributed by atoms with Crippen LogP contribution in [0.1, 0.15) is 47.5 Å². The first-order valence-electron chi connectivity index (χ1n) is 6.95. The van der Waals surface area contributed by atoms with E-state index in [1.807, 2.05) is 34.6 Å². The van der Waals surface area contributed by atoms with Crippen molar-refractivity contribution in [1.29, 1.82) is 0 Å². The van der Waals surface area contributed by atoms with Crippen LogP contribution in [0.25, 0.3) is 0 Å². The van der Waals surface area contributed by atoms with Crippen LogP contribution >= 0.6 is 0 Å². The Kier molecular flexibility index (Phi) is 9.89. The fourth-order valence-corrected chi connectivity index (χ4v) is 4.81. The van der Waals surface area contributed by atoms with E-state index in [-0.39, 0.29) is 5.67 Å². The van der Waals surface area contributed by atoms with Crippen LogP contribution in [0.3, 0.4) is 0 Å². The Hall–Kier alpha value is 0.0169. The third-order valence-electron chi connectivity index (χ3n) is 2.65. The highest BCUT2D eigenvalue weighted by Gasteiger charge is 2.48. The molecule has 0 aromatic heterocycles. The summed E-state index contributed by atoms with van der Waals surface area (Å²) in [6, 6.07) is 0. The first kappa shape index (κ1) is 18.0. The Bertz CT molecular complexity index is 189. The molecule has 0 rings (SSSR count). The molecule has 0 radical (unpaired) electrons. The highest BCUT2D eigenvalue weighted by molar-refractivity contribution is 6.62. The van der Waals surface area contributed by atoms with Crippen LogP contribution in [0.4, 0.5) is 0 Å². The van der Waals surface area contributed by atoms with Gasteiger partial charge >= 0.3 is 8.80 Å².